The molecule has 0 unspecified atom stereocenters. The molecule has 41 heavy (non-hydrogen) atoms. The highest BCUT2D eigenvalue weighted by atomic mass is 19.1. The summed E-state index contributed by atoms with van der Waals surface area (Å²) in [6.45, 7) is 7.21. The highest BCUT2D eigenvalue weighted by Crippen LogP contribution is 2.34. The topological polar surface area (TPSA) is 125 Å². The van der Waals surface area contributed by atoms with Gasteiger partial charge in [0.25, 0.3) is 5.91 Å². The van der Waals surface area contributed by atoms with E-state index in [0.29, 0.717) is 46.5 Å². The molecule has 5 aromatic rings. The van der Waals surface area contributed by atoms with Gasteiger partial charge in [-0.25, -0.2) is 23.5 Å². The van der Waals surface area contributed by atoms with Crippen LogP contribution >= 0.6 is 0 Å². The first-order chi connectivity index (χ1) is 19.5. The number of halogens is 2. The quantitative estimate of drug-likeness (QED) is 0.252. The number of imidazole rings is 1. The normalized spacial score (nSPS) is 11.7. The van der Waals surface area contributed by atoms with Gasteiger partial charge in [-0.05, 0) is 80.8 Å². The van der Waals surface area contributed by atoms with Gasteiger partial charge in [0.1, 0.15) is 39.9 Å². The fourth-order valence-corrected chi connectivity index (χ4v) is 4.69. The van der Waals surface area contributed by atoms with E-state index in [1.807, 2.05) is 6.92 Å². The molecule has 0 saturated carbocycles. The summed E-state index contributed by atoms with van der Waals surface area (Å²) in [6, 6.07) is 10.4. The number of fused-ring (bicyclic) bond motifs is 2. The van der Waals surface area contributed by atoms with Gasteiger partial charge < -0.3 is 10.5 Å². The molecular formula is C30H28F2N6O3. The summed E-state index contributed by atoms with van der Waals surface area (Å²) in [5, 5.41) is 2.60. The zero-order chi connectivity index (χ0) is 29.5. The minimum Gasteiger partial charge on any atom is -0.444 e. The number of ether oxygens (including phenoxy) is 1. The van der Waals surface area contributed by atoms with Gasteiger partial charge in [-0.1, -0.05) is 6.92 Å². The number of nitrogens with one attached hydrogen (secondary N) is 1. The van der Waals surface area contributed by atoms with E-state index in [-0.39, 0.29) is 22.3 Å². The maximum atomic E-state index is 15.2. The third-order valence-corrected chi connectivity index (χ3v) is 6.30. The third kappa shape index (κ3) is 5.43. The number of carbonyl (C=O) groups is 2. The average molecular weight is 559 g/mol. The van der Waals surface area contributed by atoms with Crippen LogP contribution in [-0.2, 0) is 11.2 Å². The molecule has 9 nitrogen and oxygen atoms in total. The van der Waals surface area contributed by atoms with Crippen molar-refractivity contribution in [2.75, 3.05) is 5.32 Å². The van der Waals surface area contributed by atoms with Crippen LogP contribution in [0.3, 0.4) is 0 Å². The second-order valence-corrected chi connectivity index (χ2v) is 10.5. The van der Waals surface area contributed by atoms with Crippen LogP contribution in [0, 0.1) is 11.6 Å². The number of aromatic nitrogens is 4. The smallest absolute Gasteiger partial charge is 0.413 e. The van der Waals surface area contributed by atoms with Gasteiger partial charge in [0.05, 0.1) is 22.2 Å². The molecule has 0 aliphatic heterocycles. The summed E-state index contributed by atoms with van der Waals surface area (Å²) in [6.07, 6.45) is 3.42. The summed E-state index contributed by atoms with van der Waals surface area (Å²) < 4.78 is 36.9. The predicted molar refractivity (Wildman–Crippen MR) is 152 cm³/mol. The van der Waals surface area contributed by atoms with Gasteiger partial charge in [-0.15, -0.1) is 0 Å². The van der Waals surface area contributed by atoms with Crippen LogP contribution < -0.4 is 11.1 Å². The molecule has 0 aliphatic carbocycles. The number of anilines is 1. The summed E-state index contributed by atoms with van der Waals surface area (Å²) in [4.78, 5) is 37.9. The van der Waals surface area contributed by atoms with Crippen molar-refractivity contribution in [2.45, 2.75) is 46.1 Å². The highest BCUT2D eigenvalue weighted by Gasteiger charge is 2.23. The summed E-state index contributed by atoms with van der Waals surface area (Å²) in [5.74, 6) is -1.24. The number of nitrogens with two attached hydrogens (primary N) is 1. The van der Waals surface area contributed by atoms with Gasteiger partial charge in [-0.3, -0.25) is 19.7 Å². The lowest BCUT2D eigenvalue weighted by atomic mass is 10.0. The lowest BCUT2D eigenvalue weighted by molar-refractivity contribution is 0.0635. The number of carbonyl (C=O) groups excluding carboxylic acids is 2. The van der Waals surface area contributed by atoms with E-state index in [1.165, 1.54) is 12.4 Å². The van der Waals surface area contributed by atoms with Crippen LogP contribution in [0.15, 0.2) is 54.9 Å². The molecule has 3 aromatic heterocycles. The molecule has 0 fully saturated rings. The molecule has 0 spiro atoms. The molecular weight excluding hydrogens is 530 g/mol. The van der Waals surface area contributed by atoms with E-state index in [4.69, 9.17) is 15.5 Å². The SMILES string of the molecule is CCCc1nc2c(C(N)=O)cc(-c3ccnc(NC(=O)OC(C)(C)C)c3)cc2n1-c1ccnc2c(F)ccc(F)c12. The zero-order valence-electron chi connectivity index (χ0n) is 23.0. The Morgan fingerprint density at radius 2 is 1.71 bits per heavy atom. The van der Waals surface area contributed by atoms with Gasteiger partial charge in [0.2, 0.25) is 0 Å². The van der Waals surface area contributed by atoms with Crippen LogP contribution in [0.1, 0.15) is 50.3 Å². The number of aryl methyl sites for hydroxylation is 1. The minimum atomic E-state index is -0.706. The molecule has 0 radical (unpaired) electrons. The number of pyridine rings is 2. The van der Waals surface area contributed by atoms with Gasteiger partial charge >= 0.3 is 6.09 Å². The Labute approximate surface area is 234 Å². The number of rotatable bonds is 6. The number of nitrogens with zero attached hydrogens (tertiary/aromatic N) is 4. The lowest BCUT2D eigenvalue weighted by Gasteiger charge is -2.19. The van der Waals surface area contributed by atoms with E-state index in [1.54, 1.807) is 55.7 Å². The Morgan fingerprint density at radius 1 is 0.976 bits per heavy atom. The Balaban J connectivity index is 1.74. The maximum Gasteiger partial charge on any atom is 0.413 e. The molecule has 0 saturated heterocycles. The molecule has 5 rings (SSSR count). The molecule has 0 atom stereocenters. The zero-order valence-corrected chi connectivity index (χ0v) is 23.0. The molecule has 210 valence electrons. The molecule has 2 aromatic carbocycles. The van der Waals surface area contributed by atoms with Crippen LogP contribution in [0.5, 0.6) is 0 Å². The van der Waals surface area contributed by atoms with Crippen molar-refractivity contribution >= 4 is 39.8 Å². The van der Waals surface area contributed by atoms with Crippen molar-refractivity contribution in [3.8, 4) is 16.8 Å². The Kier molecular flexibility index (Phi) is 7.12. The van der Waals surface area contributed by atoms with E-state index in [0.717, 1.165) is 12.1 Å². The van der Waals surface area contributed by atoms with E-state index in [9.17, 15) is 14.0 Å². The predicted octanol–water partition coefficient (Wildman–Crippen LogP) is 6.31. The highest BCUT2D eigenvalue weighted by molar-refractivity contribution is 6.07. The molecule has 3 N–H and O–H groups in total. The first-order valence-corrected chi connectivity index (χ1v) is 13.0. The largest absolute Gasteiger partial charge is 0.444 e. The molecule has 0 aliphatic rings. The van der Waals surface area contributed by atoms with Gasteiger partial charge in [0.15, 0.2) is 0 Å². The monoisotopic (exact) mass is 558 g/mol. The van der Waals surface area contributed by atoms with E-state index in [2.05, 4.69) is 15.3 Å². The maximum absolute atomic E-state index is 15.2. The van der Waals surface area contributed by atoms with Crippen LogP contribution in [0.2, 0.25) is 0 Å². The average Bonchev–Trinajstić information content (AvgIpc) is 3.26. The third-order valence-electron chi connectivity index (χ3n) is 6.30. The van der Waals surface area contributed by atoms with Crippen LogP contribution in [0.25, 0.3) is 38.8 Å². The molecule has 3 heterocycles. The number of amides is 2. The summed E-state index contributed by atoms with van der Waals surface area (Å²) in [5.41, 5.74) is 7.42. The number of hydrogen-bond acceptors (Lipinski definition) is 6. The number of hydrogen-bond donors (Lipinski definition) is 2. The molecule has 0 bridgehead atoms. The van der Waals surface area contributed by atoms with Crippen molar-refractivity contribution in [1.82, 2.24) is 19.5 Å². The van der Waals surface area contributed by atoms with Crippen molar-refractivity contribution in [1.29, 1.82) is 0 Å². The van der Waals surface area contributed by atoms with Crippen LogP contribution in [-0.4, -0.2) is 37.1 Å². The summed E-state index contributed by atoms with van der Waals surface area (Å²) >= 11 is 0. The first-order valence-electron chi connectivity index (χ1n) is 13.0. The minimum absolute atomic E-state index is 0.0112. The fraction of sp³-hybridized carbons (Fsp3) is 0.233. The Bertz CT molecular complexity index is 1830. The first kappa shape index (κ1) is 27.6. The van der Waals surface area contributed by atoms with Crippen molar-refractivity contribution < 1.29 is 23.1 Å². The number of primary amides is 1. The second kappa shape index (κ2) is 10.6. The summed E-state index contributed by atoms with van der Waals surface area (Å²) in [7, 11) is 0. The Morgan fingerprint density at radius 3 is 2.41 bits per heavy atom. The Hall–Kier alpha value is -4.93. The van der Waals surface area contributed by atoms with Gasteiger partial charge in [0, 0.05) is 18.8 Å². The van der Waals surface area contributed by atoms with Crippen molar-refractivity contribution in [2.24, 2.45) is 5.73 Å². The van der Waals surface area contributed by atoms with Crippen molar-refractivity contribution in [3.63, 3.8) is 0 Å². The molecule has 11 heteroatoms. The standard InChI is InChI=1S/C30H28F2N6O3/c1-5-6-24-37-26-18(28(33)39)13-17(16-9-11-34-23(15-16)36-29(40)41-30(2,3)4)14-22(26)38(24)21-10-12-35-27-20(32)8-7-19(31)25(21)27/h7-15H,5-6H2,1-4H3,(H2,33,39)(H,34,36,40). The second-order valence-electron chi connectivity index (χ2n) is 10.5. The van der Waals surface area contributed by atoms with Crippen molar-refractivity contribution in [3.05, 3.63) is 77.9 Å². The van der Waals surface area contributed by atoms with E-state index < -0.39 is 29.2 Å². The lowest BCUT2D eigenvalue weighted by Crippen LogP contribution is -2.27. The van der Waals surface area contributed by atoms with E-state index >= 15 is 4.39 Å². The van der Waals surface area contributed by atoms with Crippen LogP contribution in [0.4, 0.5) is 19.4 Å². The number of benzene rings is 2. The molecule has 2 amide bonds. The van der Waals surface area contributed by atoms with Gasteiger partial charge in [-0.2, -0.15) is 0 Å². The fourth-order valence-electron chi connectivity index (χ4n) is 4.69.